The molecule has 3 fully saturated rings. The summed E-state index contributed by atoms with van der Waals surface area (Å²) in [5, 5.41) is 0. The van der Waals surface area contributed by atoms with Crippen LogP contribution in [0.25, 0.3) is 0 Å². The van der Waals surface area contributed by atoms with Crippen molar-refractivity contribution in [2.75, 3.05) is 13.7 Å². The molecule has 17 heavy (non-hydrogen) atoms. The van der Waals surface area contributed by atoms with Gasteiger partial charge < -0.3 is 9.47 Å². The molecule has 0 aromatic carbocycles. The third-order valence-electron chi connectivity index (χ3n) is 5.54. The van der Waals surface area contributed by atoms with Crippen molar-refractivity contribution in [2.24, 2.45) is 23.7 Å². The van der Waals surface area contributed by atoms with Crippen LogP contribution in [0.2, 0.25) is 0 Å². The smallest absolute Gasteiger partial charge is 0.0580 e. The van der Waals surface area contributed by atoms with E-state index < -0.39 is 0 Å². The third kappa shape index (κ3) is 2.26. The molecular weight excluding hydrogens is 212 g/mol. The minimum absolute atomic E-state index is 0.562. The lowest BCUT2D eigenvalue weighted by atomic mass is 9.71. The van der Waals surface area contributed by atoms with Crippen LogP contribution in [0.1, 0.15) is 45.4 Å². The van der Waals surface area contributed by atoms with Gasteiger partial charge in [-0.15, -0.1) is 0 Å². The number of hydrogen-bond donors (Lipinski definition) is 0. The van der Waals surface area contributed by atoms with E-state index in [1.165, 1.54) is 38.5 Å². The van der Waals surface area contributed by atoms with Crippen molar-refractivity contribution < 1.29 is 9.47 Å². The monoisotopic (exact) mass is 238 g/mol. The fourth-order valence-electron chi connectivity index (χ4n) is 4.81. The minimum Gasteiger partial charge on any atom is -0.381 e. The van der Waals surface area contributed by atoms with E-state index in [-0.39, 0.29) is 0 Å². The van der Waals surface area contributed by atoms with Gasteiger partial charge in [0.05, 0.1) is 12.2 Å². The van der Waals surface area contributed by atoms with Gasteiger partial charge in [-0.05, 0) is 69.1 Å². The topological polar surface area (TPSA) is 18.5 Å². The van der Waals surface area contributed by atoms with Crippen LogP contribution in [0.4, 0.5) is 0 Å². The van der Waals surface area contributed by atoms with Gasteiger partial charge in [0.1, 0.15) is 0 Å². The van der Waals surface area contributed by atoms with Crippen molar-refractivity contribution in [2.45, 2.75) is 57.7 Å². The van der Waals surface area contributed by atoms with Crippen LogP contribution >= 0.6 is 0 Å². The fraction of sp³-hybridized carbons (Fsp3) is 1.00. The second-order valence-corrected chi connectivity index (χ2v) is 6.39. The van der Waals surface area contributed by atoms with Crippen molar-refractivity contribution in [1.82, 2.24) is 0 Å². The molecule has 3 saturated carbocycles. The lowest BCUT2D eigenvalue weighted by molar-refractivity contribution is 0.0632. The summed E-state index contributed by atoms with van der Waals surface area (Å²) in [6.45, 7) is 3.02. The fourth-order valence-corrected chi connectivity index (χ4v) is 4.81. The Morgan fingerprint density at radius 2 is 1.24 bits per heavy atom. The van der Waals surface area contributed by atoms with Crippen LogP contribution in [0.5, 0.6) is 0 Å². The summed E-state index contributed by atoms with van der Waals surface area (Å²) in [7, 11) is 1.88. The highest BCUT2D eigenvalue weighted by Gasteiger charge is 2.46. The molecule has 0 saturated heterocycles. The number of ether oxygens (including phenoxy) is 2. The molecular formula is C15H26O2. The molecule has 4 atom stereocenters. The Labute approximate surface area is 105 Å². The van der Waals surface area contributed by atoms with Crippen LogP contribution < -0.4 is 0 Å². The van der Waals surface area contributed by atoms with Gasteiger partial charge in [-0.3, -0.25) is 0 Å². The van der Waals surface area contributed by atoms with E-state index in [1.807, 2.05) is 7.11 Å². The van der Waals surface area contributed by atoms with E-state index in [0.29, 0.717) is 12.2 Å². The van der Waals surface area contributed by atoms with Gasteiger partial charge in [-0.1, -0.05) is 0 Å². The van der Waals surface area contributed by atoms with Crippen molar-refractivity contribution in [1.29, 1.82) is 0 Å². The van der Waals surface area contributed by atoms with Crippen LogP contribution in [-0.4, -0.2) is 25.9 Å². The zero-order valence-corrected chi connectivity index (χ0v) is 11.2. The molecule has 0 N–H and O–H groups in total. The molecule has 98 valence electrons. The van der Waals surface area contributed by atoms with Gasteiger partial charge in [0.2, 0.25) is 0 Å². The van der Waals surface area contributed by atoms with Crippen molar-refractivity contribution in [3.8, 4) is 0 Å². The Bertz CT molecular complexity index is 244. The first-order valence-corrected chi connectivity index (χ1v) is 7.44. The van der Waals surface area contributed by atoms with Crippen LogP contribution in [0.3, 0.4) is 0 Å². The average Bonchev–Trinajstić information content (AvgIpc) is 2.87. The first kappa shape index (κ1) is 12.0. The Morgan fingerprint density at radius 1 is 0.765 bits per heavy atom. The predicted octanol–water partition coefficient (Wildman–Crippen LogP) is 3.25. The zero-order valence-electron chi connectivity index (χ0n) is 11.2. The second-order valence-electron chi connectivity index (χ2n) is 6.39. The van der Waals surface area contributed by atoms with Crippen LogP contribution in [0.15, 0.2) is 0 Å². The lowest BCUT2D eigenvalue weighted by Crippen LogP contribution is -2.25. The number of rotatable bonds is 3. The number of hydrogen-bond acceptors (Lipinski definition) is 2. The second kappa shape index (κ2) is 4.89. The molecule has 0 aliphatic heterocycles. The first-order valence-electron chi connectivity index (χ1n) is 7.44. The molecule has 0 heterocycles. The quantitative estimate of drug-likeness (QED) is 0.751. The van der Waals surface area contributed by atoms with Gasteiger partial charge >= 0.3 is 0 Å². The van der Waals surface area contributed by atoms with Gasteiger partial charge in [0, 0.05) is 13.7 Å². The molecule has 3 rings (SSSR count). The summed E-state index contributed by atoms with van der Waals surface area (Å²) in [6, 6.07) is 0. The molecule has 0 bridgehead atoms. The summed E-state index contributed by atoms with van der Waals surface area (Å²) in [5.74, 6) is 3.84. The summed E-state index contributed by atoms with van der Waals surface area (Å²) in [6.07, 6.45) is 9.36. The standard InChI is InChI=1S/C15H26O2/c1-3-17-15-8-12-4-10-6-14(16-2)7-11(10)5-13(12)9-15/h10-15H,3-9H2,1-2H3. The van der Waals surface area contributed by atoms with Gasteiger partial charge in [-0.25, -0.2) is 0 Å². The average molecular weight is 238 g/mol. The van der Waals surface area contributed by atoms with E-state index in [9.17, 15) is 0 Å². The highest BCUT2D eigenvalue weighted by atomic mass is 16.5. The maximum Gasteiger partial charge on any atom is 0.0580 e. The van der Waals surface area contributed by atoms with E-state index in [2.05, 4.69) is 6.92 Å². The molecule has 0 aromatic heterocycles. The summed E-state index contributed by atoms with van der Waals surface area (Å²) in [5.41, 5.74) is 0. The SMILES string of the molecule is CCOC1CC2CC3CC(OC)CC3CC2C1. The lowest BCUT2D eigenvalue weighted by Gasteiger charge is -2.34. The van der Waals surface area contributed by atoms with Crippen molar-refractivity contribution in [3.63, 3.8) is 0 Å². The van der Waals surface area contributed by atoms with E-state index >= 15 is 0 Å². The van der Waals surface area contributed by atoms with Crippen molar-refractivity contribution in [3.05, 3.63) is 0 Å². The maximum absolute atomic E-state index is 5.83. The van der Waals surface area contributed by atoms with E-state index in [1.54, 1.807) is 0 Å². The Balaban J connectivity index is 1.59. The van der Waals surface area contributed by atoms with Crippen LogP contribution in [0, 0.1) is 23.7 Å². The minimum atomic E-state index is 0.562. The highest BCUT2D eigenvalue weighted by molar-refractivity contribution is 4.97. The normalized spacial score (nSPS) is 49.1. The molecule has 3 aliphatic rings. The molecule has 0 radical (unpaired) electrons. The summed E-state index contributed by atoms with van der Waals surface area (Å²) >= 11 is 0. The molecule has 0 amide bonds. The largest absolute Gasteiger partial charge is 0.381 e. The molecule has 2 heteroatoms. The van der Waals surface area contributed by atoms with Gasteiger partial charge in [0.25, 0.3) is 0 Å². The number of methoxy groups -OCH3 is 1. The van der Waals surface area contributed by atoms with E-state index in [0.717, 1.165) is 30.3 Å². The highest BCUT2D eigenvalue weighted by Crippen LogP contribution is 2.53. The third-order valence-corrected chi connectivity index (χ3v) is 5.54. The Kier molecular flexibility index (Phi) is 3.45. The molecule has 0 aromatic rings. The van der Waals surface area contributed by atoms with Gasteiger partial charge in [-0.2, -0.15) is 0 Å². The number of fused-ring (bicyclic) bond motifs is 2. The maximum atomic E-state index is 5.83. The predicted molar refractivity (Wildman–Crippen MR) is 67.9 cm³/mol. The molecule has 3 aliphatic carbocycles. The van der Waals surface area contributed by atoms with Crippen molar-refractivity contribution >= 4 is 0 Å². The van der Waals surface area contributed by atoms with E-state index in [4.69, 9.17) is 9.47 Å². The molecule has 4 unspecified atom stereocenters. The molecule has 0 spiro atoms. The zero-order chi connectivity index (χ0) is 11.8. The molecule has 2 nitrogen and oxygen atoms in total. The van der Waals surface area contributed by atoms with Crippen LogP contribution in [-0.2, 0) is 9.47 Å². The summed E-state index contributed by atoms with van der Waals surface area (Å²) < 4.78 is 11.4. The Hall–Kier alpha value is -0.0800. The van der Waals surface area contributed by atoms with Gasteiger partial charge in [0.15, 0.2) is 0 Å². The first-order chi connectivity index (χ1) is 8.30. The Morgan fingerprint density at radius 3 is 1.65 bits per heavy atom. The summed E-state index contributed by atoms with van der Waals surface area (Å²) in [4.78, 5) is 0.